The van der Waals surface area contributed by atoms with Crippen LogP contribution in [0.2, 0.25) is 0 Å². The monoisotopic (exact) mass is 247 g/mol. The van der Waals surface area contributed by atoms with Crippen LogP contribution in [0.4, 0.5) is 0 Å². The molecule has 1 aromatic carbocycles. The lowest BCUT2D eigenvalue weighted by Crippen LogP contribution is -2.13. The quantitative estimate of drug-likeness (QED) is 0.846. The van der Waals surface area contributed by atoms with Gasteiger partial charge in [-0.3, -0.25) is 0 Å². The predicted octanol–water partition coefficient (Wildman–Crippen LogP) is 2.07. The van der Waals surface area contributed by atoms with Crippen LogP contribution in [0, 0.1) is 6.92 Å². The summed E-state index contributed by atoms with van der Waals surface area (Å²) in [6, 6.07) is 8.01. The highest BCUT2D eigenvalue weighted by Gasteiger charge is 2.02. The summed E-state index contributed by atoms with van der Waals surface area (Å²) >= 11 is 0. The Labute approximate surface area is 106 Å². The number of ether oxygens (including phenoxy) is 1. The van der Waals surface area contributed by atoms with E-state index in [1.165, 1.54) is 0 Å². The van der Waals surface area contributed by atoms with Gasteiger partial charge in [-0.15, -0.1) is 0 Å². The molecule has 0 aliphatic rings. The van der Waals surface area contributed by atoms with Gasteiger partial charge in [0.2, 0.25) is 5.89 Å². The summed E-state index contributed by atoms with van der Waals surface area (Å²) in [5.41, 5.74) is 1.16. The second kappa shape index (κ2) is 6.16. The van der Waals surface area contributed by atoms with Crippen molar-refractivity contribution in [1.82, 2.24) is 15.5 Å². The Morgan fingerprint density at radius 3 is 2.94 bits per heavy atom. The standard InChI is InChI=1S/C13H17N3O2/c1-3-17-12-6-4-5-11(7-12)8-14-9-13-15-10(2)16-18-13/h4-7,14H,3,8-9H2,1-2H3. The van der Waals surface area contributed by atoms with E-state index in [1.54, 1.807) is 6.92 Å². The van der Waals surface area contributed by atoms with Gasteiger partial charge in [-0.1, -0.05) is 17.3 Å². The van der Waals surface area contributed by atoms with Crippen LogP contribution in [-0.2, 0) is 13.1 Å². The Bertz CT molecular complexity index is 496. The van der Waals surface area contributed by atoms with E-state index in [9.17, 15) is 0 Å². The topological polar surface area (TPSA) is 60.2 Å². The van der Waals surface area contributed by atoms with Gasteiger partial charge in [0.15, 0.2) is 5.82 Å². The molecule has 0 spiro atoms. The second-order valence-corrected chi connectivity index (χ2v) is 3.92. The molecule has 0 bridgehead atoms. The van der Waals surface area contributed by atoms with Crippen molar-refractivity contribution in [3.8, 4) is 5.75 Å². The van der Waals surface area contributed by atoms with Crippen LogP contribution in [0.5, 0.6) is 5.75 Å². The maximum Gasteiger partial charge on any atom is 0.240 e. The van der Waals surface area contributed by atoms with Gasteiger partial charge in [-0.2, -0.15) is 4.98 Å². The molecule has 0 saturated carbocycles. The van der Waals surface area contributed by atoms with E-state index >= 15 is 0 Å². The van der Waals surface area contributed by atoms with Gasteiger partial charge in [0.1, 0.15) is 5.75 Å². The molecule has 0 fully saturated rings. The molecule has 0 radical (unpaired) electrons. The third-order valence-electron chi connectivity index (χ3n) is 2.38. The van der Waals surface area contributed by atoms with E-state index < -0.39 is 0 Å². The predicted molar refractivity (Wildman–Crippen MR) is 67.2 cm³/mol. The van der Waals surface area contributed by atoms with Gasteiger partial charge in [0.25, 0.3) is 0 Å². The molecular weight excluding hydrogens is 230 g/mol. The summed E-state index contributed by atoms with van der Waals surface area (Å²) in [6.07, 6.45) is 0. The van der Waals surface area contributed by atoms with Crippen LogP contribution < -0.4 is 10.1 Å². The second-order valence-electron chi connectivity index (χ2n) is 3.92. The lowest BCUT2D eigenvalue weighted by atomic mass is 10.2. The van der Waals surface area contributed by atoms with E-state index in [0.717, 1.165) is 17.9 Å². The Balaban J connectivity index is 1.84. The maximum absolute atomic E-state index is 5.45. The van der Waals surface area contributed by atoms with Gasteiger partial charge in [-0.05, 0) is 31.5 Å². The minimum absolute atomic E-state index is 0.569. The summed E-state index contributed by atoms with van der Waals surface area (Å²) < 4.78 is 10.5. The summed E-state index contributed by atoms with van der Waals surface area (Å²) in [4.78, 5) is 4.12. The zero-order chi connectivity index (χ0) is 12.8. The first kappa shape index (κ1) is 12.6. The number of hydrogen-bond acceptors (Lipinski definition) is 5. The molecule has 1 aromatic heterocycles. The minimum Gasteiger partial charge on any atom is -0.494 e. The van der Waals surface area contributed by atoms with Gasteiger partial charge in [-0.25, -0.2) is 0 Å². The summed E-state index contributed by atoms with van der Waals surface area (Å²) in [5.74, 6) is 2.16. The van der Waals surface area contributed by atoms with Crippen LogP contribution in [0.1, 0.15) is 24.2 Å². The molecule has 0 amide bonds. The average molecular weight is 247 g/mol. The normalized spacial score (nSPS) is 10.6. The Morgan fingerprint density at radius 2 is 2.22 bits per heavy atom. The lowest BCUT2D eigenvalue weighted by Gasteiger charge is -2.06. The Hall–Kier alpha value is -1.88. The fraction of sp³-hybridized carbons (Fsp3) is 0.385. The first-order chi connectivity index (χ1) is 8.78. The van der Waals surface area contributed by atoms with Gasteiger partial charge < -0.3 is 14.6 Å². The molecule has 96 valence electrons. The van der Waals surface area contributed by atoms with Crippen molar-refractivity contribution in [1.29, 1.82) is 0 Å². The number of aryl methyl sites for hydroxylation is 1. The molecular formula is C13H17N3O2. The Morgan fingerprint density at radius 1 is 1.33 bits per heavy atom. The van der Waals surface area contributed by atoms with E-state index in [4.69, 9.17) is 9.26 Å². The van der Waals surface area contributed by atoms with E-state index in [-0.39, 0.29) is 0 Å². The maximum atomic E-state index is 5.45. The third kappa shape index (κ3) is 3.56. The molecule has 1 N–H and O–H groups in total. The van der Waals surface area contributed by atoms with Crippen molar-refractivity contribution in [2.45, 2.75) is 26.9 Å². The summed E-state index contributed by atoms with van der Waals surface area (Å²) in [6.45, 7) is 5.77. The first-order valence-electron chi connectivity index (χ1n) is 5.99. The molecule has 0 unspecified atom stereocenters. The number of nitrogens with one attached hydrogen (secondary N) is 1. The molecule has 2 aromatic rings. The summed E-state index contributed by atoms with van der Waals surface area (Å²) in [7, 11) is 0. The van der Waals surface area contributed by atoms with E-state index in [0.29, 0.717) is 24.9 Å². The molecule has 1 heterocycles. The highest BCUT2D eigenvalue weighted by molar-refractivity contribution is 5.28. The Kier molecular flexibility index (Phi) is 4.30. The van der Waals surface area contributed by atoms with Crippen molar-refractivity contribution >= 4 is 0 Å². The van der Waals surface area contributed by atoms with Crippen LogP contribution in [0.25, 0.3) is 0 Å². The largest absolute Gasteiger partial charge is 0.494 e. The lowest BCUT2D eigenvalue weighted by molar-refractivity contribution is 0.339. The SMILES string of the molecule is CCOc1cccc(CNCc2nc(C)no2)c1. The van der Waals surface area contributed by atoms with Crippen molar-refractivity contribution in [3.63, 3.8) is 0 Å². The van der Waals surface area contributed by atoms with Crippen molar-refractivity contribution in [2.75, 3.05) is 6.61 Å². The van der Waals surface area contributed by atoms with Crippen LogP contribution in [0.3, 0.4) is 0 Å². The molecule has 0 saturated heterocycles. The van der Waals surface area contributed by atoms with Crippen molar-refractivity contribution in [3.05, 3.63) is 41.5 Å². The van der Waals surface area contributed by atoms with Gasteiger partial charge >= 0.3 is 0 Å². The molecule has 2 rings (SSSR count). The number of rotatable bonds is 6. The number of benzene rings is 1. The van der Waals surface area contributed by atoms with Crippen LogP contribution in [-0.4, -0.2) is 16.7 Å². The fourth-order valence-electron chi connectivity index (χ4n) is 1.64. The van der Waals surface area contributed by atoms with Crippen LogP contribution >= 0.6 is 0 Å². The molecule has 18 heavy (non-hydrogen) atoms. The number of aromatic nitrogens is 2. The molecule has 0 aliphatic carbocycles. The molecule has 5 nitrogen and oxygen atoms in total. The van der Waals surface area contributed by atoms with Gasteiger partial charge in [0, 0.05) is 6.54 Å². The molecule has 5 heteroatoms. The molecule has 0 atom stereocenters. The minimum atomic E-state index is 0.569. The van der Waals surface area contributed by atoms with Crippen molar-refractivity contribution < 1.29 is 9.26 Å². The van der Waals surface area contributed by atoms with E-state index in [1.807, 2.05) is 25.1 Å². The smallest absolute Gasteiger partial charge is 0.240 e. The van der Waals surface area contributed by atoms with Crippen molar-refractivity contribution in [2.24, 2.45) is 0 Å². The average Bonchev–Trinajstić information content (AvgIpc) is 2.76. The van der Waals surface area contributed by atoms with Crippen LogP contribution in [0.15, 0.2) is 28.8 Å². The highest BCUT2D eigenvalue weighted by atomic mass is 16.5. The zero-order valence-corrected chi connectivity index (χ0v) is 10.6. The third-order valence-corrected chi connectivity index (χ3v) is 2.38. The van der Waals surface area contributed by atoms with E-state index in [2.05, 4.69) is 21.5 Å². The van der Waals surface area contributed by atoms with Gasteiger partial charge in [0.05, 0.1) is 13.2 Å². The fourth-order valence-corrected chi connectivity index (χ4v) is 1.64. The summed E-state index contributed by atoms with van der Waals surface area (Å²) in [5, 5.41) is 6.98. The number of hydrogen-bond donors (Lipinski definition) is 1. The highest BCUT2D eigenvalue weighted by Crippen LogP contribution is 2.13. The zero-order valence-electron chi connectivity index (χ0n) is 10.6. The first-order valence-corrected chi connectivity index (χ1v) is 5.99. The number of nitrogens with zero attached hydrogens (tertiary/aromatic N) is 2. The molecule has 0 aliphatic heterocycles.